The molecule has 0 aliphatic carbocycles. The van der Waals surface area contributed by atoms with E-state index in [1.807, 2.05) is 24.3 Å². The minimum Gasteiger partial charge on any atom is -0.493 e. The summed E-state index contributed by atoms with van der Waals surface area (Å²) in [6.07, 6.45) is -0.589. The topological polar surface area (TPSA) is 77.1 Å². The Morgan fingerprint density at radius 3 is 2.59 bits per heavy atom. The molecule has 2 amide bonds. The highest BCUT2D eigenvalue weighted by molar-refractivity contribution is 5.98. The number of hydrogen-bond acceptors (Lipinski definition) is 5. The Hall–Kier alpha value is -3.22. The van der Waals surface area contributed by atoms with Crippen LogP contribution in [-0.2, 0) is 16.0 Å². The molecule has 2 aromatic rings. The van der Waals surface area contributed by atoms with E-state index in [2.05, 4.69) is 5.32 Å². The number of rotatable bonds is 5. The van der Waals surface area contributed by atoms with E-state index >= 15 is 0 Å². The fourth-order valence-corrected chi connectivity index (χ4v) is 3.03. The van der Waals surface area contributed by atoms with Gasteiger partial charge in [0.1, 0.15) is 5.75 Å². The normalized spacial score (nSPS) is 15.4. The van der Waals surface area contributed by atoms with E-state index in [4.69, 9.17) is 14.2 Å². The quantitative estimate of drug-likeness (QED) is 0.868. The van der Waals surface area contributed by atoms with Gasteiger partial charge in [0, 0.05) is 7.05 Å². The highest BCUT2D eigenvalue weighted by Gasteiger charge is 2.33. The average Bonchev–Trinajstić information content (AvgIpc) is 2.72. The third kappa shape index (κ3) is 3.81. The Morgan fingerprint density at radius 2 is 1.89 bits per heavy atom. The SMILES string of the molecule is CNC(=O)[C@@H]1CN(C(=O)Cc2ccc(OC)c(OC)c2)c2ccccc2O1. The van der Waals surface area contributed by atoms with Crippen molar-refractivity contribution < 1.29 is 23.8 Å². The monoisotopic (exact) mass is 370 g/mol. The lowest BCUT2D eigenvalue weighted by Gasteiger charge is -2.34. The van der Waals surface area contributed by atoms with Gasteiger partial charge in [0.15, 0.2) is 17.6 Å². The summed E-state index contributed by atoms with van der Waals surface area (Å²) in [6.45, 7) is 0.156. The molecule has 1 heterocycles. The predicted octanol–water partition coefficient (Wildman–Crippen LogP) is 1.79. The molecule has 0 bridgehead atoms. The number of nitrogens with zero attached hydrogens (tertiary/aromatic N) is 1. The van der Waals surface area contributed by atoms with Crippen molar-refractivity contribution in [3.05, 3.63) is 48.0 Å². The van der Waals surface area contributed by atoms with Gasteiger partial charge in [-0.15, -0.1) is 0 Å². The van der Waals surface area contributed by atoms with Crippen molar-refractivity contribution in [3.63, 3.8) is 0 Å². The molecule has 0 saturated carbocycles. The zero-order valence-electron chi connectivity index (χ0n) is 15.5. The molecule has 7 nitrogen and oxygen atoms in total. The summed E-state index contributed by atoms with van der Waals surface area (Å²) in [4.78, 5) is 26.7. The van der Waals surface area contributed by atoms with Gasteiger partial charge < -0.3 is 24.4 Å². The number of carbonyl (C=O) groups is 2. The first-order valence-electron chi connectivity index (χ1n) is 8.56. The summed E-state index contributed by atoms with van der Waals surface area (Å²) in [5, 5.41) is 2.57. The van der Waals surface area contributed by atoms with E-state index < -0.39 is 6.10 Å². The molecule has 0 saturated heterocycles. The molecule has 1 N–H and O–H groups in total. The van der Waals surface area contributed by atoms with Crippen molar-refractivity contribution in [2.45, 2.75) is 12.5 Å². The Labute approximate surface area is 157 Å². The number of amides is 2. The number of nitrogens with one attached hydrogen (secondary N) is 1. The van der Waals surface area contributed by atoms with Crippen molar-refractivity contribution in [2.75, 3.05) is 32.7 Å². The number of para-hydroxylation sites is 2. The standard InChI is InChI=1S/C20H22N2O5/c1-21-20(24)18-12-22(14-6-4-5-7-15(14)27-18)19(23)11-13-8-9-16(25-2)17(10-13)26-3/h4-10,18H,11-12H2,1-3H3,(H,21,24)/t18-/m0/s1. The van der Waals surface area contributed by atoms with Crippen LogP contribution in [0.2, 0.25) is 0 Å². The summed E-state index contributed by atoms with van der Waals surface area (Å²) in [6, 6.07) is 12.6. The van der Waals surface area contributed by atoms with Crippen LogP contribution in [0.4, 0.5) is 5.69 Å². The molecular weight excluding hydrogens is 348 g/mol. The smallest absolute Gasteiger partial charge is 0.262 e. The van der Waals surface area contributed by atoms with Crippen LogP contribution < -0.4 is 24.4 Å². The number of carbonyl (C=O) groups excluding carboxylic acids is 2. The Kier molecular flexibility index (Phi) is 5.49. The third-order valence-corrected chi connectivity index (χ3v) is 4.42. The molecule has 1 atom stereocenters. The largest absolute Gasteiger partial charge is 0.493 e. The minimum absolute atomic E-state index is 0.133. The van der Waals surface area contributed by atoms with E-state index in [0.29, 0.717) is 22.9 Å². The third-order valence-electron chi connectivity index (χ3n) is 4.42. The van der Waals surface area contributed by atoms with E-state index in [1.54, 1.807) is 44.4 Å². The first-order chi connectivity index (χ1) is 13.1. The van der Waals surface area contributed by atoms with Gasteiger partial charge in [0.05, 0.1) is 32.9 Å². The van der Waals surface area contributed by atoms with E-state index in [-0.39, 0.29) is 24.8 Å². The van der Waals surface area contributed by atoms with Gasteiger partial charge >= 0.3 is 0 Å². The molecule has 0 radical (unpaired) electrons. The first kappa shape index (κ1) is 18.6. The highest BCUT2D eigenvalue weighted by atomic mass is 16.5. The fourth-order valence-electron chi connectivity index (χ4n) is 3.03. The molecule has 2 aromatic carbocycles. The number of ether oxygens (including phenoxy) is 3. The fraction of sp³-hybridized carbons (Fsp3) is 0.300. The van der Waals surface area contributed by atoms with E-state index in [0.717, 1.165) is 5.56 Å². The molecule has 0 unspecified atom stereocenters. The molecule has 1 aliphatic rings. The number of fused-ring (bicyclic) bond motifs is 1. The van der Waals surface area contributed by atoms with E-state index in [9.17, 15) is 9.59 Å². The molecule has 0 fully saturated rings. The van der Waals surface area contributed by atoms with Crippen LogP contribution in [0.1, 0.15) is 5.56 Å². The van der Waals surface area contributed by atoms with Crippen molar-refractivity contribution >= 4 is 17.5 Å². The molecule has 0 spiro atoms. The van der Waals surface area contributed by atoms with Gasteiger partial charge in [0.25, 0.3) is 5.91 Å². The molecule has 142 valence electrons. The highest BCUT2D eigenvalue weighted by Crippen LogP contribution is 2.34. The molecular formula is C20H22N2O5. The van der Waals surface area contributed by atoms with Crippen LogP contribution >= 0.6 is 0 Å². The lowest BCUT2D eigenvalue weighted by atomic mass is 10.1. The lowest BCUT2D eigenvalue weighted by Crippen LogP contribution is -2.50. The van der Waals surface area contributed by atoms with Gasteiger partial charge in [-0.25, -0.2) is 0 Å². The maximum Gasteiger partial charge on any atom is 0.262 e. The summed E-state index contributed by atoms with van der Waals surface area (Å²) in [7, 11) is 4.66. The second-order valence-corrected chi connectivity index (χ2v) is 6.06. The Bertz CT molecular complexity index is 852. The maximum atomic E-state index is 13.0. The number of anilines is 1. The number of methoxy groups -OCH3 is 2. The van der Waals surface area contributed by atoms with Gasteiger partial charge in [-0.1, -0.05) is 18.2 Å². The molecule has 7 heteroatoms. The van der Waals surface area contributed by atoms with Crippen molar-refractivity contribution in [1.82, 2.24) is 5.32 Å². The van der Waals surface area contributed by atoms with Crippen molar-refractivity contribution in [3.8, 4) is 17.2 Å². The Balaban J connectivity index is 1.86. The summed E-state index contributed by atoms with van der Waals surface area (Å²) in [5.74, 6) is 1.27. The molecule has 0 aromatic heterocycles. The lowest BCUT2D eigenvalue weighted by molar-refractivity contribution is -0.127. The average molecular weight is 370 g/mol. The maximum absolute atomic E-state index is 13.0. The summed E-state index contributed by atoms with van der Waals surface area (Å²) < 4.78 is 16.3. The van der Waals surface area contributed by atoms with Gasteiger partial charge in [-0.05, 0) is 29.8 Å². The Morgan fingerprint density at radius 1 is 1.15 bits per heavy atom. The van der Waals surface area contributed by atoms with Gasteiger partial charge in [-0.2, -0.15) is 0 Å². The minimum atomic E-state index is -0.751. The number of benzene rings is 2. The van der Waals surface area contributed by atoms with E-state index in [1.165, 1.54) is 0 Å². The molecule has 1 aliphatic heterocycles. The first-order valence-corrected chi connectivity index (χ1v) is 8.56. The summed E-state index contributed by atoms with van der Waals surface area (Å²) >= 11 is 0. The second-order valence-electron chi connectivity index (χ2n) is 6.06. The van der Waals surface area contributed by atoms with Gasteiger partial charge in [0.2, 0.25) is 5.91 Å². The van der Waals surface area contributed by atoms with Crippen LogP contribution in [0, 0.1) is 0 Å². The van der Waals surface area contributed by atoms with Crippen LogP contribution in [0.5, 0.6) is 17.2 Å². The molecule has 3 rings (SSSR count). The number of hydrogen-bond donors (Lipinski definition) is 1. The zero-order chi connectivity index (χ0) is 19.4. The van der Waals surface area contributed by atoms with Crippen LogP contribution in [-0.4, -0.2) is 45.7 Å². The number of likely N-dealkylation sites (N-methyl/N-ethyl adjacent to an activating group) is 1. The van der Waals surface area contributed by atoms with Crippen LogP contribution in [0.15, 0.2) is 42.5 Å². The van der Waals surface area contributed by atoms with Gasteiger partial charge in [-0.3, -0.25) is 9.59 Å². The molecule has 27 heavy (non-hydrogen) atoms. The predicted molar refractivity (Wildman–Crippen MR) is 101 cm³/mol. The summed E-state index contributed by atoms with van der Waals surface area (Å²) in [5.41, 5.74) is 1.45. The van der Waals surface area contributed by atoms with Crippen LogP contribution in [0.25, 0.3) is 0 Å². The second kappa shape index (κ2) is 7.99. The van der Waals surface area contributed by atoms with Crippen LogP contribution in [0.3, 0.4) is 0 Å². The van der Waals surface area contributed by atoms with Crippen molar-refractivity contribution in [2.24, 2.45) is 0 Å². The van der Waals surface area contributed by atoms with Crippen molar-refractivity contribution in [1.29, 1.82) is 0 Å². The zero-order valence-corrected chi connectivity index (χ0v) is 15.5.